The van der Waals surface area contributed by atoms with Gasteiger partial charge in [0.15, 0.2) is 6.04 Å². The summed E-state index contributed by atoms with van der Waals surface area (Å²) >= 11 is 4.80. The number of aliphatic carboxylic acids is 1. The van der Waals surface area contributed by atoms with Crippen LogP contribution in [0.2, 0.25) is 0 Å². The van der Waals surface area contributed by atoms with Crippen molar-refractivity contribution in [1.29, 1.82) is 0 Å². The number of aromatic nitrogens is 3. The summed E-state index contributed by atoms with van der Waals surface area (Å²) in [7, 11) is 1.29. The molecule has 16 heteroatoms. The molecule has 1 fully saturated rings. The van der Waals surface area contributed by atoms with Gasteiger partial charge in [-0.05, 0) is 63.5 Å². The van der Waals surface area contributed by atoms with Gasteiger partial charge in [0, 0.05) is 12.2 Å². The summed E-state index contributed by atoms with van der Waals surface area (Å²) in [5.41, 5.74) is 8.88. The average Bonchev–Trinajstić information content (AvgIpc) is 3.69. The van der Waals surface area contributed by atoms with Crippen molar-refractivity contribution in [2.45, 2.75) is 43.8 Å². The highest BCUT2D eigenvalue weighted by molar-refractivity contribution is 9.11. The second kappa shape index (κ2) is 13.8. The van der Waals surface area contributed by atoms with Gasteiger partial charge in [0.25, 0.3) is 5.91 Å². The molecule has 1 aliphatic heterocycles. The molecule has 2 aromatic heterocycles. The van der Waals surface area contributed by atoms with Crippen LogP contribution in [0.25, 0.3) is 0 Å². The zero-order chi connectivity index (χ0) is 29.4. The highest BCUT2D eigenvalue weighted by Gasteiger charge is 2.38. The van der Waals surface area contributed by atoms with E-state index < -0.39 is 24.2 Å². The van der Waals surface area contributed by atoms with Gasteiger partial charge in [-0.1, -0.05) is 17.3 Å². The largest absolute Gasteiger partial charge is 0.490 e. The number of halogens is 4. The normalized spacial score (nSPS) is 16.4. The Morgan fingerprint density at radius 1 is 1.35 bits per heavy atom. The quantitative estimate of drug-likeness (QED) is 0.311. The number of carboxylic acid groups (broad SMARTS) is 1. The number of thiophene rings is 1. The summed E-state index contributed by atoms with van der Waals surface area (Å²) in [4.78, 5) is 34.1. The fourth-order valence-corrected chi connectivity index (χ4v) is 4.90. The molecular formula is C24H25BrF3N5O6S. The first-order valence-electron chi connectivity index (χ1n) is 11.7. The molecule has 0 aliphatic carbocycles. The van der Waals surface area contributed by atoms with Crippen LogP contribution in [0.5, 0.6) is 0 Å². The van der Waals surface area contributed by atoms with Gasteiger partial charge >= 0.3 is 18.1 Å². The van der Waals surface area contributed by atoms with Gasteiger partial charge < -0.3 is 25.6 Å². The predicted molar refractivity (Wildman–Crippen MR) is 139 cm³/mol. The second-order valence-electron chi connectivity index (χ2n) is 8.54. The number of carboxylic acids is 1. The van der Waals surface area contributed by atoms with Gasteiger partial charge in [-0.25, -0.2) is 14.3 Å². The minimum absolute atomic E-state index is 0.0335. The van der Waals surface area contributed by atoms with Gasteiger partial charge in [0.2, 0.25) is 0 Å². The molecule has 3 unspecified atom stereocenters. The molecule has 0 saturated carbocycles. The average molecular weight is 648 g/mol. The van der Waals surface area contributed by atoms with Crippen molar-refractivity contribution in [1.82, 2.24) is 20.3 Å². The maximum Gasteiger partial charge on any atom is 0.490 e. The number of carbonyl (C=O) groups excluding carboxylic acids is 2. The standard InChI is InChI=1S/C22H24BrN5O4S.C2HF3O2/c1-31-22(30)20(15-9-18(23)33-12-15)25-21(29)14-5-2-4-13(8-14)10-28-11-16(26-27-28)19(24)17-6-3-7-32-17;3-2(4,5)1(6)7/h2,4-5,8-9,11-12,17,19-20H,3,6-7,10,24H2,1H3,(H,25,29);(H,6,7). The van der Waals surface area contributed by atoms with Crippen LogP contribution in [0.4, 0.5) is 13.2 Å². The number of nitrogens with one attached hydrogen (secondary N) is 1. The Hall–Kier alpha value is -3.34. The van der Waals surface area contributed by atoms with Gasteiger partial charge in [0.05, 0.1) is 35.8 Å². The lowest BCUT2D eigenvalue weighted by Crippen LogP contribution is -2.34. The smallest absolute Gasteiger partial charge is 0.475 e. The molecule has 0 spiro atoms. The highest BCUT2D eigenvalue weighted by atomic mass is 79.9. The monoisotopic (exact) mass is 647 g/mol. The minimum atomic E-state index is -5.08. The zero-order valence-electron chi connectivity index (χ0n) is 20.9. The number of hydrogen-bond donors (Lipinski definition) is 3. The number of carbonyl (C=O) groups is 3. The molecule has 1 aliphatic rings. The Bertz CT molecular complexity index is 1330. The van der Waals surface area contributed by atoms with Crippen molar-refractivity contribution >= 4 is 45.1 Å². The van der Waals surface area contributed by atoms with Gasteiger partial charge in [-0.3, -0.25) is 4.79 Å². The summed E-state index contributed by atoms with van der Waals surface area (Å²) in [6.45, 7) is 1.14. The topological polar surface area (TPSA) is 159 Å². The van der Waals surface area contributed by atoms with E-state index >= 15 is 0 Å². The van der Waals surface area contributed by atoms with E-state index in [0.717, 1.165) is 28.8 Å². The first kappa shape index (κ1) is 31.2. The lowest BCUT2D eigenvalue weighted by atomic mass is 10.1. The number of esters is 1. The molecule has 4 rings (SSSR count). The first-order chi connectivity index (χ1) is 18.9. The lowest BCUT2D eigenvalue weighted by Gasteiger charge is -2.16. The molecule has 4 N–H and O–H groups in total. The van der Waals surface area contributed by atoms with Gasteiger partial charge in [-0.15, -0.1) is 16.4 Å². The lowest BCUT2D eigenvalue weighted by molar-refractivity contribution is -0.192. The summed E-state index contributed by atoms with van der Waals surface area (Å²) in [6.07, 6.45) is -1.39. The van der Waals surface area contributed by atoms with Crippen molar-refractivity contribution in [3.63, 3.8) is 0 Å². The number of benzene rings is 1. The molecule has 40 heavy (non-hydrogen) atoms. The second-order valence-corrected chi connectivity index (χ2v) is 10.8. The highest BCUT2D eigenvalue weighted by Crippen LogP contribution is 2.27. The van der Waals surface area contributed by atoms with Gasteiger partial charge in [0.1, 0.15) is 5.69 Å². The number of amides is 1. The molecular weight excluding hydrogens is 623 g/mol. The van der Waals surface area contributed by atoms with Crippen molar-refractivity contribution in [2.75, 3.05) is 13.7 Å². The van der Waals surface area contributed by atoms with Crippen LogP contribution in [0.15, 0.2) is 45.7 Å². The van der Waals surface area contributed by atoms with E-state index in [-0.39, 0.29) is 18.1 Å². The molecule has 3 heterocycles. The van der Waals surface area contributed by atoms with Crippen LogP contribution in [-0.4, -0.2) is 63.9 Å². The van der Waals surface area contributed by atoms with E-state index in [4.69, 9.17) is 25.1 Å². The van der Waals surface area contributed by atoms with Crippen LogP contribution in [-0.2, 0) is 25.6 Å². The van der Waals surface area contributed by atoms with Crippen LogP contribution in [0.1, 0.15) is 52.1 Å². The molecule has 216 valence electrons. The Kier molecular flexibility index (Phi) is 10.8. The van der Waals surface area contributed by atoms with Crippen LogP contribution >= 0.6 is 27.3 Å². The van der Waals surface area contributed by atoms with Crippen molar-refractivity contribution in [3.05, 3.63) is 68.1 Å². The molecule has 1 amide bonds. The molecule has 0 bridgehead atoms. The van der Waals surface area contributed by atoms with Crippen molar-refractivity contribution in [2.24, 2.45) is 5.73 Å². The summed E-state index contributed by atoms with van der Waals surface area (Å²) in [5.74, 6) is -3.68. The molecule has 0 radical (unpaired) electrons. The predicted octanol–water partition coefficient (Wildman–Crippen LogP) is 3.61. The third-order valence-corrected chi connectivity index (χ3v) is 7.20. The molecule has 1 saturated heterocycles. The number of methoxy groups -OCH3 is 1. The Labute approximate surface area is 238 Å². The van der Waals surface area contributed by atoms with E-state index in [1.165, 1.54) is 18.4 Å². The Morgan fingerprint density at radius 3 is 2.65 bits per heavy atom. The van der Waals surface area contributed by atoms with E-state index in [2.05, 4.69) is 31.6 Å². The minimum Gasteiger partial charge on any atom is -0.475 e. The van der Waals surface area contributed by atoms with Crippen molar-refractivity contribution in [3.8, 4) is 0 Å². The van der Waals surface area contributed by atoms with Gasteiger partial charge in [-0.2, -0.15) is 13.2 Å². The van der Waals surface area contributed by atoms with Crippen LogP contribution in [0.3, 0.4) is 0 Å². The number of ether oxygens (including phenoxy) is 2. The van der Waals surface area contributed by atoms with E-state index in [1.807, 2.05) is 6.07 Å². The number of hydrogen-bond acceptors (Lipinski definition) is 9. The molecule has 11 nitrogen and oxygen atoms in total. The van der Waals surface area contributed by atoms with Crippen molar-refractivity contribution < 1.29 is 42.1 Å². The zero-order valence-corrected chi connectivity index (χ0v) is 23.3. The summed E-state index contributed by atoms with van der Waals surface area (Å²) < 4.78 is 44.8. The Morgan fingerprint density at radius 2 is 2.08 bits per heavy atom. The van der Waals surface area contributed by atoms with E-state index in [1.54, 1.807) is 40.5 Å². The summed E-state index contributed by atoms with van der Waals surface area (Å²) in [6, 6.07) is 7.70. The Balaban J connectivity index is 0.000000559. The number of rotatable bonds is 8. The third-order valence-electron chi connectivity index (χ3n) is 5.67. The number of alkyl halides is 3. The molecule has 3 atom stereocenters. The van der Waals surface area contributed by atoms with E-state index in [9.17, 15) is 22.8 Å². The third kappa shape index (κ3) is 8.58. The van der Waals surface area contributed by atoms with Crippen LogP contribution in [0, 0.1) is 0 Å². The van der Waals surface area contributed by atoms with E-state index in [0.29, 0.717) is 23.4 Å². The number of nitrogens with zero attached hydrogens (tertiary/aromatic N) is 3. The fourth-order valence-electron chi connectivity index (χ4n) is 3.70. The number of nitrogens with two attached hydrogens (primary N) is 1. The molecule has 1 aromatic carbocycles. The maximum absolute atomic E-state index is 12.9. The maximum atomic E-state index is 12.9. The fraction of sp³-hybridized carbons (Fsp3) is 0.375. The molecule has 3 aromatic rings. The summed E-state index contributed by atoms with van der Waals surface area (Å²) in [5, 5.41) is 20.0. The first-order valence-corrected chi connectivity index (χ1v) is 13.3. The van der Waals surface area contributed by atoms with Crippen LogP contribution < -0.4 is 11.1 Å². The SMILES string of the molecule is COC(=O)C(NC(=O)c1cccc(Cn2cc(C(N)C3CCCO3)nn2)c1)c1csc(Br)c1.O=C(O)C(F)(F)F.